The first kappa shape index (κ1) is 16.2. The molecule has 2 heterocycles. The van der Waals surface area contributed by atoms with Crippen molar-refractivity contribution in [3.05, 3.63) is 48.4 Å². The number of nitrogens with zero attached hydrogens (tertiary/aromatic N) is 4. The van der Waals surface area contributed by atoms with E-state index >= 15 is 0 Å². The highest BCUT2D eigenvalue weighted by Gasteiger charge is 2.18. The van der Waals surface area contributed by atoms with Gasteiger partial charge in [0.15, 0.2) is 5.69 Å². The third-order valence-corrected chi connectivity index (χ3v) is 3.97. The lowest BCUT2D eigenvalue weighted by Gasteiger charge is -2.35. The quantitative estimate of drug-likeness (QED) is 0.858. The van der Waals surface area contributed by atoms with Gasteiger partial charge in [0, 0.05) is 32.7 Å². The van der Waals surface area contributed by atoms with E-state index in [1.807, 2.05) is 30.3 Å². The van der Waals surface area contributed by atoms with Crippen LogP contribution in [0.5, 0.6) is 5.75 Å². The molecule has 0 unspecified atom stereocenters. The summed E-state index contributed by atoms with van der Waals surface area (Å²) in [5.41, 5.74) is -0.0320. The fourth-order valence-corrected chi connectivity index (χ4v) is 2.60. The molecular weight excluding hydrogens is 308 g/mol. The molecule has 1 aromatic heterocycles. The van der Waals surface area contributed by atoms with Crippen LogP contribution in [-0.4, -0.2) is 65.3 Å². The lowest BCUT2D eigenvalue weighted by Crippen LogP contribution is -2.47. The van der Waals surface area contributed by atoms with Gasteiger partial charge in [0.2, 0.25) is 0 Å². The van der Waals surface area contributed by atoms with Crippen LogP contribution in [-0.2, 0) is 0 Å². The third-order valence-electron chi connectivity index (χ3n) is 3.97. The van der Waals surface area contributed by atoms with Crippen LogP contribution >= 0.6 is 0 Å². The number of rotatable bonds is 6. The van der Waals surface area contributed by atoms with E-state index in [0.717, 1.165) is 44.3 Å². The lowest BCUT2D eigenvalue weighted by molar-refractivity contribution is 0.0690. The largest absolute Gasteiger partial charge is 0.492 e. The number of piperazine rings is 1. The number of anilines is 1. The summed E-state index contributed by atoms with van der Waals surface area (Å²) in [6.07, 6.45) is 2.83. The Hall–Kier alpha value is -2.67. The van der Waals surface area contributed by atoms with Crippen LogP contribution in [0.25, 0.3) is 0 Å². The minimum absolute atomic E-state index is 0.0320. The number of ether oxygens (including phenoxy) is 1. The van der Waals surface area contributed by atoms with Crippen LogP contribution in [0, 0.1) is 0 Å². The van der Waals surface area contributed by atoms with E-state index < -0.39 is 5.97 Å². The van der Waals surface area contributed by atoms with Crippen molar-refractivity contribution in [1.82, 2.24) is 14.9 Å². The van der Waals surface area contributed by atoms with E-state index in [4.69, 9.17) is 9.84 Å². The molecule has 1 saturated heterocycles. The van der Waals surface area contributed by atoms with Gasteiger partial charge in [-0.25, -0.2) is 14.8 Å². The summed E-state index contributed by atoms with van der Waals surface area (Å²) in [7, 11) is 0. The topological polar surface area (TPSA) is 78.8 Å². The minimum atomic E-state index is -1.06. The average molecular weight is 328 g/mol. The zero-order chi connectivity index (χ0) is 16.8. The predicted octanol–water partition coefficient (Wildman–Crippen LogP) is 1.38. The smallest absolute Gasteiger partial charge is 0.356 e. The van der Waals surface area contributed by atoms with Crippen molar-refractivity contribution in [3.63, 3.8) is 0 Å². The monoisotopic (exact) mass is 328 g/mol. The molecule has 126 valence electrons. The summed E-state index contributed by atoms with van der Waals surface area (Å²) < 4.78 is 5.72. The molecule has 1 aromatic carbocycles. The maximum absolute atomic E-state index is 10.8. The second kappa shape index (κ2) is 7.74. The molecule has 1 N–H and O–H groups in total. The van der Waals surface area contributed by atoms with Crippen LogP contribution in [0.15, 0.2) is 42.7 Å². The van der Waals surface area contributed by atoms with Gasteiger partial charge in [0.05, 0.1) is 12.4 Å². The van der Waals surface area contributed by atoms with Gasteiger partial charge in [0.25, 0.3) is 0 Å². The molecule has 0 saturated carbocycles. The van der Waals surface area contributed by atoms with Crippen molar-refractivity contribution in [2.75, 3.05) is 44.2 Å². The van der Waals surface area contributed by atoms with Crippen LogP contribution in [0.1, 0.15) is 10.5 Å². The first-order valence-electron chi connectivity index (χ1n) is 7.93. The van der Waals surface area contributed by atoms with Crippen molar-refractivity contribution in [2.24, 2.45) is 0 Å². The van der Waals surface area contributed by atoms with Crippen molar-refractivity contribution >= 4 is 11.8 Å². The van der Waals surface area contributed by atoms with Gasteiger partial charge >= 0.3 is 5.97 Å². The molecule has 0 spiro atoms. The van der Waals surface area contributed by atoms with Gasteiger partial charge in [-0.05, 0) is 12.1 Å². The second-order valence-corrected chi connectivity index (χ2v) is 5.56. The summed E-state index contributed by atoms with van der Waals surface area (Å²) in [4.78, 5) is 23.4. The van der Waals surface area contributed by atoms with Gasteiger partial charge in [-0.2, -0.15) is 0 Å². The van der Waals surface area contributed by atoms with Gasteiger partial charge in [-0.15, -0.1) is 0 Å². The number of hydrogen-bond donors (Lipinski definition) is 1. The number of aromatic nitrogens is 2. The van der Waals surface area contributed by atoms with E-state index in [1.54, 1.807) is 0 Å². The second-order valence-electron chi connectivity index (χ2n) is 5.56. The van der Waals surface area contributed by atoms with E-state index in [9.17, 15) is 4.79 Å². The Morgan fingerprint density at radius 1 is 1.08 bits per heavy atom. The third kappa shape index (κ3) is 4.20. The Labute approximate surface area is 140 Å². The number of carboxylic acid groups (broad SMARTS) is 1. The molecule has 24 heavy (non-hydrogen) atoms. The van der Waals surface area contributed by atoms with Gasteiger partial charge in [-0.1, -0.05) is 18.2 Å². The van der Waals surface area contributed by atoms with Crippen LogP contribution in [0.2, 0.25) is 0 Å². The molecule has 1 aliphatic rings. The Kier molecular flexibility index (Phi) is 5.22. The highest BCUT2D eigenvalue weighted by molar-refractivity contribution is 5.84. The number of para-hydroxylation sites is 1. The van der Waals surface area contributed by atoms with Gasteiger partial charge < -0.3 is 14.7 Å². The maximum atomic E-state index is 10.8. The zero-order valence-electron chi connectivity index (χ0n) is 13.3. The molecule has 0 amide bonds. The summed E-state index contributed by atoms with van der Waals surface area (Å²) in [6, 6.07) is 9.81. The fourth-order valence-electron chi connectivity index (χ4n) is 2.60. The molecule has 1 aliphatic heterocycles. The lowest BCUT2D eigenvalue weighted by atomic mass is 10.3. The zero-order valence-corrected chi connectivity index (χ0v) is 13.3. The van der Waals surface area contributed by atoms with E-state index in [1.165, 1.54) is 12.4 Å². The molecule has 0 atom stereocenters. The Morgan fingerprint density at radius 2 is 1.83 bits per heavy atom. The van der Waals surface area contributed by atoms with Gasteiger partial charge in [-0.3, -0.25) is 4.90 Å². The SMILES string of the molecule is O=C(O)c1cnc(N2CCN(CCOc3ccccc3)CC2)cn1. The molecule has 1 fully saturated rings. The number of hydrogen-bond acceptors (Lipinski definition) is 6. The molecule has 2 aromatic rings. The molecule has 7 nitrogen and oxygen atoms in total. The first-order chi connectivity index (χ1) is 11.7. The summed E-state index contributed by atoms with van der Waals surface area (Å²) in [5, 5.41) is 8.85. The average Bonchev–Trinajstić information content (AvgIpc) is 2.63. The van der Waals surface area contributed by atoms with E-state index in [0.29, 0.717) is 6.61 Å². The summed E-state index contributed by atoms with van der Waals surface area (Å²) >= 11 is 0. The number of benzene rings is 1. The van der Waals surface area contributed by atoms with Crippen molar-refractivity contribution in [3.8, 4) is 5.75 Å². The fraction of sp³-hybridized carbons (Fsp3) is 0.353. The summed E-state index contributed by atoms with van der Waals surface area (Å²) in [6.45, 7) is 5.06. The van der Waals surface area contributed by atoms with Crippen LogP contribution < -0.4 is 9.64 Å². The number of carboxylic acids is 1. The Balaban J connectivity index is 1.43. The normalized spacial score (nSPS) is 15.2. The molecule has 0 aliphatic carbocycles. The van der Waals surface area contributed by atoms with E-state index in [-0.39, 0.29) is 5.69 Å². The molecular formula is C17H20N4O3. The van der Waals surface area contributed by atoms with Crippen LogP contribution in [0.3, 0.4) is 0 Å². The van der Waals surface area contributed by atoms with Crippen molar-refractivity contribution in [2.45, 2.75) is 0 Å². The number of aromatic carboxylic acids is 1. The number of carbonyl (C=O) groups is 1. The Bertz CT molecular complexity index is 655. The van der Waals surface area contributed by atoms with Crippen molar-refractivity contribution < 1.29 is 14.6 Å². The minimum Gasteiger partial charge on any atom is -0.492 e. The standard InChI is InChI=1S/C17H20N4O3/c22-17(23)15-12-19-16(13-18-15)21-8-6-20(7-9-21)10-11-24-14-4-2-1-3-5-14/h1-5,12-13H,6-11H2,(H,22,23). The Morgan fingerprint density at radius 3 is 2.46 bits per heavy atom. The van der Waals surface area contributed by atoms with Crippen molar-refractivity contribution in [1.29, 1.82) is 0 Å². The highest BCUT2D eigenvalue weighted by Crippen LogP contribution is 2.13. The van der Waals surface area contributed by atoms with E-state index in [2.05, 4.69) is 19.8 Å². The summed E-state index contributed by atoms with van der Waals surface area (Å²) in [5.74, 6) is 0.558. The molecule has 0 bridgehead atoms. The predicted molar refractivity (Wildman–Crippen MR) is 89.6 cm³/mol. The first-order valence-corrected chi connectivity index (χ1v) is 7.93. The molecule has 7 heteroatoms. The molecule has 3 rings (SSSR count). The maximum Gasteiger partial charge on any atom is 0.356 e. The van der Waals surface area contributed by atoms with Crippen LogP contribution in [0.4, 0.5) is 5.82 Å². The molecule has 0 radical (unpaired) electrons. The van der Waals surface area contributed by atoms with Gasteiger partial charge in [0.1, 0.15) is 18.2 Å². The highest BCUT2D eigenvalue weighted by atomic mass is 16.5.